The molecule has 1 fully saturated rings. The van der Waals surface area contributed by atoms with Gasteiger partial charge >= 0.3 is 0 Å². The van der Waals surface area contributed by atoms with E-state index in [9.17, 15) is 0 Å². The molecular formula is C7H16N2. The van der Waals surface area contributed by atoms with Crippen LogP contribution in [-0.2, 0) is 0 Å². The summed E-state index contributed by atoms with van der Waals surface area (Å²) in [6.07, 6.45) is 1.21. The third-order valence-corrected chi connectivity index (χ3v) is 2.15. The highest BCUT2D eigenvalue weighted by atomic mass is 15.1. The minimum absolute atomic E-state index is 0.359. The van der Waals surface area contributed by atoms with Crippen LogP contribution in [0, 0.1) is 0 Å². The maximum atomic E-state index is 3.48. The second-order valence-electron chi connectivity index (χ2n) is 3.02. The van der Waals surface area contributed by atoms with Gasteiger partial charge in [0.15, 0.2) is 0 Å². The maximum Gasteiger partial charge on any atom is 0.0275 e. The summed E-state index contributed by atoms with van der Waals surface area (Å²) < 4.78 is 0. The van der Waals surface area contributed by atoms with E-state index in [1.54, 1.807) is 0 Å². The van der Waals surface area contributed by atoms with E-state index in [4.69, 9.17) is 0 Å². The minimum atomic E-state index is 0.359. The molecule has 1 rings (SSSR count). The Morgan fingerprint density at radius 1 is 1.44 bits per heavy atom. The predicted octanol–water partition coefficient (Wildman–Crippen LogP) is 0.348. The van der Waals surface area contributed by atoms with Crippen LogP contribution in [0.15, 0.2) is 0 Å². The summed E-state index contributed by atoms with van der Waals surface area (Å²) in [5.41, 5.74) is 0.359. The molecule has 0 radical (unpaired) electrons. The van der Waals surface area contributed by atoms with Crippen molar-refractivity contribution in [3.05, 3.63) is 0 Å². The molecule has 1 saturated heterocycles. The molecule has 0 aromatic carbocycles. The van der Waals surface area contributed by atoms with Gasteiger partial charge in [0, 0.05) is 25.2 Å². The molecular weight excluding hydrogens is 112 g/mol. The first-order chi connectivity index (χ1) is 4.27. The fraction of sp³-hybridized carbons (Fsp3) is 1.00. The van der Waals surface area contributed by atoms with E-state index in [0.717, 1.165) is 19.6 Å². The summed E-state index contributed by atoms with van der Waals surface area (Å²) in [6.45, 7) is 7.84. The van der Waals surface area contributed by atoms with E-state index in [-0.39, 0.29) is 0 Å². The Morgan fingerprint density at radius 2 is 2.22 bits per heavy atom. The average Bonchev–Trinajstić information content (AvgIpc) is 1.90. The molecule has 0 spiro atoms. The molecule has 1 heterocycles. The summed E-state index contributed by atoms with van der Waals surface area (Å²) in [7, 11) is 0. The molecule has 0 aromatic rings. The first-order valence-electron chi connectivity index (χ1n) is 3.72. The number of piperazine rings is 1. The van der Waals surface area contributed by atoms with Gasteiger partial charge in [-0.05, 0) is 13.3 Å². The molecule has 1 unspecified atom stereocenters. The molecule has 0 amide bonds. The van der Waals surface area contributed by atoms with Gasteiger partial charge in [-0.3, -0.25) is 0 Å². The Balaban J connectivity index is 2.37. The molecule has 2 nitrogen and oxygen atoms in total. The third-order valence-electron chi connectivity index (χ3n) is 2.15. The van der Waals surface area contributed by atoms with Gasteiger partial charge in [-0.2, -0.15) is 0 Å². The zero-order valence-corrected chi connectivity index (χ0v) is 6.33. The minimum Gasteiger partial charge on any atom is -0.314 e. The molecule has 2 N–H and O–H groups in total. The molecule has 1 aliphatic rings. The van der Waals surface area contributed by atoms with Crippen LogP contribution < -0.4 is 10.6 Å². The largest absolute Gasteiger partial charge is 0.314 e. The van der Waals surface area contributed by atoms with Crippen molar-refractivity contribution >= 4 is 0 Å². The number of nitrogens with one attached hydrogen (secondary N) is 2. The molecule has 9 heavy (non-hydrogen) atoms. The van der Waals surface area contributed by atoms with Crippen LogP contribution in [0.2, 0.25) is 0 Å². The van der Waals surface area contributed by atoms with Gasteiger partial charge in [0.25, 0.3) is 0 Å². The normalized spacial score (nSPS) is 36.7. The fourth-order valence-electron chi connectivity index (χ4n) is 1.13. The second kappa shape index (κ2) is 2.67. The van der Waals surface area contributed by atoms with E-state index in [1.165, 1.54) is 6.42 Å². The summed E-state index contributed by atoms with van der Waals surface area (Å²) in [5, 5.41) is 6.85. The van der Waals surface area contributed by atoms with Gasteiger partial charge in [0.05, 0.1) is 0 Å². The highest BCUT2D eigenvalue weighted by molar-refractivity contribution is 4.87. The number of hydrogen-bond donors (Lipinski definition) is 2. The lowest BCUT2D eigenvalue weighted by Gasteiger charge is -2.34. The van der Waals surface area contributed by atoms with Crippen molar-refractivity contribution in [2.24, 2.45) is 0 Å². The van der Waals surface area contributed by atoms with Gasteiger partial charge < -0.3 is 10.6 Å². The highest BCUT2D eigenvalue weighted by Crippen LogP contribution is 2.08. The van der Waals surface area contributed by atoms with E-state index >= 15 is 0 Å². The van der Waals surface area contributed by atoms with Gasteiger partial charge in [0.2, 0.25) is 0 Å². The topological polar surface area (TPSA) is 24.1 Å². The van der Waals surface area contributed by atoms with Crippen molar-refractivity contribution in [3.63, 3.8) is 0 Å². The zero-order valence-electron chi connectivity index (χ0n) is 6.33. The molecule has 0 bridgehead atoms. The SMILES string of the molecule is CCC1(C)CNCCN1. The Hall–Kier alpha value is -0.0800. The van der Waals surface area contributed by atoms with Gasteiger partial charge in [-0.1, -0.05) is 6.92 Å². The van der Waals surface area contributed by atoms with Crippen molar-refractivity contribution < 1.29 is 0 Å². The Morgan fingerprint density at radius 3 is 2.56 bits per heavy atom. The van der Waals surface area contributed by atoms with Crippen LogP contribution in [0.5, 0.6) is 0 Å². The molecule has 2 heteroatoms. The smallest absolute Gasteiger partial charge is 0.0275 e. The molecule has 0 aliphatic carbocycles. The van der Waals surface area contributed by atoms with E-state index in [1.807, 2.05) is 0 Å². The van der Waals surface area contributed by atoms with Gasteiger partial charge in [0.1, 0.15) is 0 Å². The molecule has 1 aliphatic heterocycles. The Kier molecular flexibility index (Phi) is 2.09. The average molecular weight is 128 g/mol. The van der Waals surface area contributed by atoms with Crippen molar-refractivity contribution in [3.8, 4) is 0 Å². The summed E-state index contributed by atoms with van der Waals surface area (Å²) >= 11 is 0. The predicted molar refractivity (Wildman–Crippen MR) is 39.6 cm³/mol. The molecule has 1 atom stereocenters. The van der Waals surface area contributed by atoms with Crippen LogP contribution in [0.1, 0.15) is 20.3 Å². The standard InChI is InChI=1S/C7H16N2/c1-3-7(2)6-8-4-5-9-7/h8-9H,3-6H2,1-2H3. The third kappa shape index (κ3) is 1.66. The number of hydrogen-bond acceptors (Lipinski definition) is 2. The van der Waals surface area contributed by atoms with Crippen molar-refractivity contribution in [1.29, 1.82) is 0 Å². The van der Waals surface area contributed by atoms with E-state index in [2.05, 4.69) is 24.5 Å². The zero-order chi connectivity index (χ0) is 6.74. The van der Waals surface area contributed by atoms with Crippen molar-refractivity contribution in [1.82, 2.24) is 10.6 Å². The van der Waals surface area contributed by atoms with Crippen LogP contribution in [-0.4, -0.2) is 25.2 Å². The van der Waals surface area contributed by atoms with Crippen LogP contribution in [0.3, 0.4) is 0 Å². The van der Waals surface area contributed by atoms with Gasteiger partial charge in [-0.15, -0.1) is 0 Å². The lowest BCUT2D eigenvalue weighted by atomic mass is 9.97. The second-order valence-corrected chi connectivity index (χ2v) is 3.02. The van der Waals surface area contributed by atoms with Gasteiger partial charge in [-0.25, -0.2) is 0 Å². The lowest BCUT2D eigenvalue weighted by molar-refractivity contribution is 0.288. The highest BCUT2D eigenvalue weighted by Gasteiger charge is 2.22. The summed E-state index contributed by atoms with van der Waals surface area (Å²) in [6, 6.07) is 0. The molecule has 54 valence electrons. The molecule has 0 aromatic heterocycles. The molecule has 0 saturated carbocycles. The van der Waals surface area contributed by atoms with E-state index < -0.39 is 0 Å². The maximum absolute atomic E-state index is 3.48. The Labute approximate surface area is 57.0 Å². The van der Waals surface area contributed by atoms with Crippen LogP contribution in [0.4, 0.5) is 0 Å². The quantitative estimate of drug-likeness (QED) is 0.532. The summed E-state index contributed by atoms with van der Waals surface area (Å²) in [5.74, 6) is 0. The first kappa shape index (κ1) is 7.03. The monoisotopic (exact) mass is 128 g/mol. The lowest BCUT2D eigenvalue weighted by Crippen LogP contribution is -2.56. The van der Waals surface area contributed by atoms with E-state index in [0.29, 0.717) is 5.54 Å². The van der Waals surface area contributed by atoms with Crippen molar-refractivity contribution in [2.75, 3.05) is 19.6 Å². The van der Waals surface area contributed by atoms with Crippen LogP contribution in [0.25, 0.3) is 0 Å². The van der Waals surface area contributed by atoms with Crippen molar-refractivity contribution in [2.45, 2.75) is 25.8 Å². The first-order valence-corrected chi connectivity index (χ1v) is 3.72. The summed E-state index contributed by atoms with van der Waals surface area (Å²) in [4.78, 5) is 0. The fourth-order valence-corrected chi connectivity index (χ4v) is 1.13. The Bertz CT molecular complexity index is 84.9. The van der Waals surface area contributed by atoms with Crippen LogP contribution >= 0.6 is 0 Å². The number of rotatable bonds is 1.